The van der Waals surface area contributed by atoms with Crippen molar-refractivity contribution in [3.05, 3.63) is 48.5 Å². The smallest absolute Gasteiger partial charge is 0.261 e. The SMILES string of the molecule is COc1ccc(S(=O)(=O)Nc2ccc(S(=O)(=O)N3CCCC3)cc2)cc1. The molecule has 0 radical (unpaired) electrons. The lowest BCUT2D eigenvalue weighted by molar-refractivity contribution is 0.414. The van der Waals surface area contributed by atoms with Crippen molar-refractivity contribution < 1.29 is 21.6 Å². The summed E-state index contributed by atoms with van der Waals surface area (Å²) in [6.45, 7) is 1.04. The van der Waals surface area contributed by atoms with E-state index < -0.39 is 20.0 Å². The first-order valence-electron chi connectivity index (χ1n) is 8.10. The van der Waals surface area contributed by atoms with Crippen molar-refractivity contribution in [2.75, 3.05) is 24.9 Å². The second kappa shape index (κ2) is 7.26. The number of benzene rings is 2. The van der Waals surface area contributed by atoms with E-state index in [2.05, 4.69) is 4.72 Å². The molecule has 1 saturated heterocycles. The van der Waals surface area contributed by atoms with Crippen LogP contribution in [-0.4, -0.2) is 41.3 Å². The zero-order valence-corrected chi connectivity index (χ0v) is 15.9. The van der Waals surface area contributed by atoms with Crippen LogP contribution in [0.2, 0.25) is 0 Å². The third-order valence-corrected chi connectivity index (χ3v) is 7.49. The first kappa shape index (κ1) is 18.7. The predicted octanol–water partition coefficient (Wildman–Crippen LogP) is 2.28. The number of methoxy groups -OCH3 is 1. The summed E-state index contributed by atoms with van der Waals surface area (Å²) in [6.07, 6.45) is 1.72. The fourth-order valence-corrected chi connectivity index (χ4v) is 5.32. The number of rotatable bonds is 6. The number of ether oxygens (including phenoxy) is 1. The van der Waals surface area contributed by atoms with Gasteiger partial charge in [-0.3, -0.25) is 4.72 Å². The zero-order chi connectivity index (χ0) is 18.8. The zero-order valence-electron chi connectivity index (χ0n) is 14.3. The third-order valence-electron chi connectivity index (χ3n) is 4.18. The lowest BCUT2D eigenvalue weighted by atomic mass is 10.3. The van der Waals surface area contributed by atoms with Crippen LogP contribution in [0.3, 0.4) is 0 Å². The van der Waals surface area contributed by atoms with E-state index in [1.165, 1.54) is 47.8 Å². The molecule has 0 aromatic heterocycles. The van der Waals surface area contributed by atoms with Crippen molar-refractivity contribution in [2.45, 2.75) is 22.6 Å². The first-order valence-corrected chi connectivity index (χ1v) is 11.0. The van der Waals surface area contributed by atoms with Crippen LogP contribution in [0.25, 0.3) is 0 Å². The minimum Gasteiger partial charge on any atom is -0.497 e. The van der Waals surface area contributed by atoms with Gasteiger partial charge in [0.2, 0.25) is 10.0 Å². The molecule has 2 aromatic carbocycles. The molecule has 26 heavy (non-hydrogen) atoms. The normalized spacial score (nSPS) is 15.7. The maximum absolute atomic E-state index is 12.5. The van der Waals surface area contributed by atoms with Gasteiger partial charge >= 0.3 is 0 Å². The summed E-state index contributed by atoms with van der Waals surface area (Å²) >= 11 is 0. The standard InChI is InChI=1S/C17H20N2O5S2/c1-24-15-6-10-16(11-7-15)25(20,21)18-14-4-8-17(9-5-14)26(22,23)19-12-2-3-13-19/h4-11,18H,2-3,12-13H2,1H3. The number of hydrogen-bond donors (Lipinski definition) is 1. The van der Waals surface area contributed by atoms with Crippen LogP contribution in [0.5, 0.6) is 5.75 Å². The van der Waals surface area contributed by atoms with Gasteiger partial charge in [-0.05, 0) is 61.4 Å². The highest BCUT2D eigenvalue weighted by Gasteiger charge is 2.27. The number of nitrogens with zero attached hydrogens (tertiary/aromatic N) is 1. The van der Waals surface area contributed by atoms with E-state index in [0.29, 0.717) is 24.5 Å². The third kappa shape index (κ3) is 3.84. The van der Waals surface area contributed by atoms with Crippen molar-refractivity contribution in [3.8, 4) is 5.75 Å². The van der Waals surface area contributed by atoms with Gasteiger partial charge in [0.25, 0.3) is 10.0 Å². The molecule has 140 valence electrons. The molecule has 1 fully saturated rings. The van der Waals surface area contributed by atoms with E-state index in [9.17, 15) is 16.8 Å². The first-order chi connectivity index (χ1) is 12.3. The summed E-state index contributed by atoms with van der Waals surface area (Å²) in [5, 5.41) is 0. The van der Waals surface area contributed by atoms with E-state index in [1.54, 1.807) is 12.1 Å². The Morgan fingerprint density at radius 3 is 1.92 bits per heavy atom. The van der Waals surface area contributed by atoms with Gasteiger partial charge in [0, 0.05) is 18.8 Å². The summed E-state index contributed by atoms with van der Waals surface area (Å²) in [7, 11) is -5.79. The van der Waals surface area contributed by atoms with Gasteiger partial charge in [-0.1, -0.05) is 0 Å². The Bertz CT molecular complexity index is 963. The fraction of sp³-hybridized carbons (Fsp3) is 0.294. The van der Waals surface area contributed by atoms with Crippen molar-refractivity contribution in [2.24, 2.45) is 0 Å². The maximum atomic E-state index is 12.5. The monoisotopic (exact) mass is 396 g/mol. The van der Waals surface area contributed by atoms with Crippen molar-refractivity contribution >= 4 is 25.7 Å². The molecule has 1 aliphatic rings. The number of nitrogens with one attached hydrogen (secondary N) is 1. The molecule has 1 heterocycles. The molecule has 0 amide bonds. The minimum atomic E-state index is -3.77. The van der Waals surface area contributed by atoms with Gasteiger partial charge in [0.1, 0.15) is 5.75 Å². The van der Waals surface area contributed by atoms with Crippen molar-refractivity contribution in [3.63, 3.8) is 0 Å². The Morgan fingerprint density at radius 2 is 1.38 bits per heavy atom. The molecule has 3 rings (SSSR count). The summed E-state index contributed by atoms with van der Waals surface area (Å²) in [6, 6.07) is 11.7. The summed E-state index contributed by atoms with van der Waals surface area (Å²) in [5.41, 5.74) is 0.293. The van der Waals surface area contributed by atoms with Gasteiger partial charge in [-0.25, -0.2) is 16.8 Å². The molecule has 0 spiro atoms. The van der Waals surface area contributed by atoms with Gasteiger partial charge in [0.15, 0.2) is 0 Å². The Labute approximate surface area is 153 Å². The summed E-state index contributed by atoms with van der Waals surface area (Å²) < 4.78 is 58.7. The van der Waals surface area contributed by atoms with E-state index in [0.717, 1.165) is 12.8 Å². The molecule has 2 aromatic rings. The molecule has 0 aliphatic carbocycles. The molecule has 1 N–H and O–H groups in total. The predicted molar refractivity (Wildman–Crippen MR) is 98.2 cm³/mol. The highest BCUT2D eigenvalue weighted by molar-refractivity contribution is 7.92. The van der Waals surface area contributed by atoms with E-state index in [4.69, 9.17) is 4.74 Å². The number of sulfonamides is 2. The quantitative estimate of drug-likeness (QED) is 0.809. The molecule has 9 heteroatoms. The van der Waals surface area contributed by atoms with Crippen LogP contribution in [0.4, 0.5) is 5.69 Å². The molecule has 1 aliphatic heterocycles. The molecule has 0 atom stereocenters. The molecule has 0 saturated carbocycles. The fourth-order valence-electron chi connectivity index (χ4n) is 2.74. The Morgan fingerprint density at radius 1 is 0.846 bits per heavy atom. The number of anilines is 1. The minimum absolute atomic E-state index is 0.0899. The molecule has 7 nitrogen and oxygen atoms in total. The van der Waals surface area contributed by atoms with Crippen molar-refractivity contribution in [1.82, 2.24) is 4.31 Å². The van der Waals surface area contributed by atoms with Gasteiger partial charge in [-0.15, -0.1) is 0 Å². The van der Waals surface area contributed by atoms with Crippen LogP contribution in [0.15, 0.2) is 58.3 Å². The summed E-state index contributed by atoms with van der Waals surface area (Å²) in [5.74, 6) is 0.556. The van der Waals surface area contributed by atoms with Crippen LogP contribution >= 0.6 is 0 Å². The van der Waals surface area contributed by atoms with Crippen LogP contribution in [-0.2, 0) is 20.0 Å². The molecule has 0 bridgehead atoms. The lowest BCUT2D eigenvalue weighted by Gasteiger charge is -2.16. The highest BCUT2D eigenvalue weighted by atomic mass is 32.2. The van der Waals surface area contributed by atoms with Crippen LogP contribution in [0.1, 0.15) is 12.8 Å². The van der Waals surface area contributed by atoms with E-state index >= 15 is 0 Å². The lowest BCUT2D eigenvalue weighted by Crippen LogP contribution is -2.27. The van der Waals surface area contributed by atoms with Crippen LogP contribution < -0.4 is 9.46 Å². The molecule has 0 unspecified atom stereocenters. The van der Waals surface area contributed by atoms with Gasteiger partial charge < -0.3 is 4.74 Å². The Hall–Kier alpha value is -2.10. The highest BCUT2D eigenvalue weighted by Crippen LogP contribution is 2.24. The number of hydrogen-bond acceptors (Lipinski definition) is 5. The van der Waals surface area contributed by atoms with Crippen LogP contribution in [0, 0.1) is 0 Å². The molecular weight excluding hydrogens is 376 g/mol. The van der Waals surface area contributed by atoms with E-state index in [-0.39, 0.29) is 9.79 Å². The Kier molecular flexibility index (Phi) is 5.22. The second-order valence-electron chi connectivity index (χ2n) is 5.92. The van der Waals surface area contributed by atoms with Gasteiger partial charge in [0.05, 0.1) is 16.9 Å². The largest absolute Gasteiger partial charge is 0.497 e. The topological polar surface area (TPSA) is 92.8 Å². The summed E-state index contributed by atoms with van der Waals surface area (Å²) in [4.78, 5) is 0.249. The van der Waals surface area contributed by atoms with E-state index in [1.807, 2.05) is 0 Å². The average Bonchev–Trinajstić information content (AvgIpc) is 3.17. The average molecular weight is 396 g/mol. The maximum Gasteiger partial charge on any atom is 0.261 e. The second-order valence-corrected chi connectivity index (χ2v) is 9.54. The van der Waals surface area contributed by atoms with Crippen molar-refractivity contribution in [1.29, 1.82) is 0 Å². The van der Waals surface area contributed by atoms with Gasteiger partial charge in [-0.2, -0.15) is 4.31 Å². The molecular formula is C17H20N2O5S2. The Balaban J connectivity index is 1.78.